The van der Waals surface area contributed by atoms with Gasteiger partial charge in [0.2, 0.25) is 0 Å². The Morgan fingerprint density at radius 2 is 1.97 bits per heavy atom. The number of amides is 2. The van der Waals surface area contributed by atoms with Gasteiger partial charge in [0.1, 0.15) is 6.17 Å². The first-order valence-electron chi connectivity index (χ1n) is 11.1. The van der Waals surface area contributed by atoms with Gasteiger partial charge in [0.05, 0.1) is 11.3 Å². The second kappa shape index (κ2) is 8.50. The SMILES string of the molecule is CCN1c2cc(C(=O)Nc3cccc(C(C)C)c3)ccc2C(=O)N2CCCCC[C@@H]21. The third kappa shape index (κ3) is 3.81. The summed E-state index contributed by atoms with van der Waals surface area (Å²) in [6.07, 6.45) is 4.44. The summed E-state index contributed by atoms with van der Waals surface area (Å²) in [4.78, 5) is 30.4. The molecule has 5 nitrogen and oxygen atoms in total. The van der Waals surface area contributed by atoms with Crippen LogP contribution in [0, 0.1) is 0 Å². The van der Waals surface area contributed by atoms with Crippen molar-refractivity contribution in [2.24, 2.45) is 0 Å². The van der Waals surface area contributed by atoms with Crippen molar-refractivity contribution < 1.29 is 9.59 Å². The molecule has 0 saturated carbocycles. The number of fused-ring (bicyclic) bond motifs is 2. The normalized spacial score (nSPS) is 18.7. The second-order valence-electron chi connectivity index (χ2n) is 8.58. The maximum atomic E-state index is 13.1. The van der Waals surface area contributed by atoms with Gasteiger partial charge >= 0.3 is 0 Å². The highest BCUT2D eigenvalue weighted by atomic mass is 16.2. The molecule has 2 aromatic rings. The summed E-state index contributed by atoms with van der Waals surface area (Å²) in [5, 5.41) is 3.02. The van der Waals surface area contributed by atoms with Crippen LogP contribution in [0.5, 0.6) is 0 Å². The van der Waals surface area contributed by atoms with Crippen molar-refractivity contribution in [2.45, 2.75) is 58.5 Å². The molecule has 2 amide bonds. The van der Waals surface area contributed by atoms with Crippen LogP contribution in [0.2, 0.25) is 0 Å². The predicted molar refractivity (Wildman–Crippen MR) is 121 cm³/mol. The molecule has 2 heterocycles. The van der Waals surface area contributed by atoms with Gasteiger partial charge in [-0.2, -0.15) is 0 Å². The Kier molecular flexibility index (Phi) is 5.80. The van der Waals surface area contributed by atoms with E-state index in [9.17, 15) is 9.59 Å². The van der Waals surface area contributed by atoms with E-state index < -0.39 is 0 Å². The Morgan fingerprint density at radius 1 is 1.13 bits per heavy atom. The van der Waals surface area contributed by atoms with Crippen LogP contribution in [0.1, 0.15) is 78.7 Å². The van der Waals surface area contributed by atoms with Gasteiger partial charge in [0.15, 0.2) is 0 Å². The number of hydrogen-bond donors (Lipinski definition) is 1. The van der Waals surface area contributed by atoms with Crippen LogP contribution < -0.4 is 10.2 Å². The molecule has 0 aliphatic carbocycles. The number of hydrogen-bond acceptors (Lipinski definition) is 3. The Labute approximate surface area is 179 Å². The van der Waals surface area contributed by atoms with E-state index in [0.29, 0.717) is 17.0 Å². The van der Waals surface area contributed by atoms with Gasteiger partial charge < -0.3 is 15.1 Å². The summed E-state index contributed by atoms with van der Waals surface area (Å²) in [6.45, 7) is 8.01. The van der Waals surface area contributed by atoms with Crippen molar-refractivity contribution >= 4 is 23.2 Å². The monoisotopic (exact) mass is 405 g/mol. The molecule has 0 bridgehead atoms. The first kappa shape index (κ1) is 20.5. The third-order valence-electron chi connectivity index (χ3n) is 6.29. The number of anilines is 2. The minimum Gasteiger partial charge on any atom is -0.351 e. The molecule has 0 unspecified atom stereocenters. The number of benzene rings is 2. The smallest absolute Gasteiger partial charge is 0.257 e. The lowest BCUT2D eigenvalue weighted by Crippen LogP contribution is -2.55. The molecular weight excluding hydrogens is 374 g/mol. The van der Waals surface area contributed by atoms with E-state index in [1.54, 1.807) is 6.07 Å². The number of nitrogens with one attached hydrogen (secondary N) is 1. The first-order valence-corrected chi connectivity index (χ1v) is 11.1. The summed E-state index contributed by atoms with van der Waals surface area (Å²) in [5.74, 6) is 0.348. The fourth-order valence-corrected chi connectivity index (χ4v) is 4.62. The maximum Gasteiger partial charge on any atom is 0.257 e. The predicted octanol–water partition coefficient (Wildman–Crippen LogP) is 5.24. The molecule has 5 heteroatoms. The molecular formula is C25H31N3O2. The van der Waals surface area contributed by atoms with E-state index in [2.05, 4.69) is 37.1 Å². The van der Waals surface area contributed by atoms with E-state index >= 15 is 0 Å². The molecule has 1 saturated heterocycles. The number of nitrogens with zero attached hydrogens (tertiary/aromatic N) is 2. The molecule has 1 atom stereocenters. The molecule has 0 radical (unpaired) electrons. The first-order chi connectivity index (χ1) is 14.5. The average Bonchev–Trinajstić information content (AvgIpc) is 3.00. The molecule has 1 fully saturated rings. The lowest BCUT2D eigenvalue weighted by atomic mass is 10.0. The molecule has 2 aromatic carbocycles. The third-order valence-corrected chi connectivity index (χ3v) is 6.29. The Morgan fingerprint density at radius 3 is 2.73 bits per heavy atom. The number of carbonyl (C=O) groups excluding carboxylic acids is 2. The van der Waals surface area contributed by atoms with E-state index in [0.717, 1.165) is 50.1 Å². The van der Waals surface area contributed by atoms with Crippen LogP contribution in [0.25, 0.3) is 0 Å². The summed E-state index contributed by atoms with van der Waals surface area (Å²) in [5.41, 5.74) is 4.15. The molecule has 30 heavy (non-hydrogen) atoms. The van der Waals surface area contributed by atoms with Crippen LogP contribution in [0.3, 0.4) is 0 Å². The molecule has 2 aliphatic rings. The quantitative estimate of drug-likeness (QED) is 0.756. The van der Waals surface area contributed by atoms with E-state index in [1.807, 2.05) is 35.2 Å². The minimum atomic E-state index is -0.148. The van der Waals surface area contributed by atoms with Gasteiger partial charge in [-0.3, -0.25) is 9.59 Å². The van der Waals surface area contributed by atoms with Crippen molar-refractivity contribution in [1.29, 1.82) is 0 Å². The summed E-state index contributed by atoms with van der Waals surface area (Å²) in [7, 11) is 0. The molecule has 2 aliphatic heterocycles. The Hall–Kier alpha value is -2.82. The van der Waals surface area contributed by atoms with Crippen molar-refractivity contribution in [3.63, 3.8) is 0 Å². The van der Waals surface area contributed by atoms with E-state index in [4.69, 9.17) is 0 Å². The fourth-order valence-electron chi connectivity index (χ4n) is 4.62. The summed E-state index contributed by atoms with van der Waals surface area (Å²) < 4.78 is 0. The Bertz CT molecular complexity index is 953. The van der Waals surface area contributed by atoms with Gasteiger partial charge in [-0.15, -0.1) is 0 Å². The van der Waals surface area contributed by atoms with Gasteiger partial charge in [0.25, 0.3) is 11.8 Å². The highest BCUT2D eigenvalue weighted by Gasteiger charge is 2.37. The molecule has 4 rings (SSSR count). The van der Waals surface area contributed by atoms with Crippen molar-refractivity contribution in [3.8, 4) is 0 Å². The van der Waals surface area contributed by atoms with Gasteiger partial charge in [-0.05, 0) is 68.0 Å². The van der Waals surface area contributed by atoms with Gasteiger partial charge in [0, 0.05) is 24.3 Å². The van der Waals surface area contributed by atoms with Crippen LogP contribution in [-0.2, 0) is 0 Å². The molecule has 158 valence electrons. The number of carbonyl (C=O) groups is 2. The van der Waals surface area contributed by atoms with E-state index in [-0.39, 0.29) is 18.0 Å². The zero-order valence-electron chi connectivity index (χ0n) is 18.1. The fraction of sp³-hybridized carbons (Fsp3) is 0.440. The molecule has 0 spiro atoms. The topological polar surface area (TPSA) is 52.7 Å². The Balaban J connectivity index is 1.63. The highest BCUT2D eigenvalue weighted by Crippen LogP contribution is 2.35. The minimum absolute atomic E-state index is 0.0955. The van der Waals surface area contributed by atoms with Gasteiger partial charge in [-0.1, -0.05) is 32.4 Å². The standard InChI is InChI=1S/C25H31N3O2/c1-4-27-22-16-19(24(29)26-20-10-8-9-18(15-20)17(2)3)12-13-21(22)25(30)28-14-7-5-6-11-23(27)28/h8-10,12-13,15-17,23H,4-7,11,14H2,1-3H3,(H,26,29)/t23-/m1/s1. The lowest BCUT2D eigenvalue weighted by Gasteiger charge is -2.44. The zero-order chi connectivity index (χ0) is 21.3. The number of rotatable bonds is 4. The van der Waals surface area contributed by atoms with Crippen LogP contribution in [0.4, 0.5) is 11.4 Å². The summed E-state index contributed by atoms with van der Waals surface area (Å²) >= 11 is 0. The molecule has 1 N–H and O–H groups in total. The van der Waals surface area contributed by atoms with Crippen molar-refractivity contribution in [2.75, 3.05) is 23.3 Å². The average molecular weight is 406 g/mol. The second-order valence-corrected chi connectivity index (χ2v) is 8.58. The summed E-state index contributed by atoms with van der Waals surface area (Å²) in [6, 6.07) is 13.4. The largest absolute Gasteiger partial charge is 0.351 e. The van der Waals surface area contributed by atoms with Crippen molar-refractivity contribution in [3.05, 3.63) is 59.2 Å². The lowest BCUT2D eigenvalue weighted by molar-refractivity contribution is 0.0656. The van der Waals surface area contributed by atoms with E-state index in [1.165, 1.54) is 5.56 Å². The van der Waals surface area contributed by atoms with Crippen molar-refractivity contribution in [1.82, 2.24) is 4.90 Å². The van der Waals surface area contributed by atoms with Crippen LogP contribution in [0.15, 0.2) is 42.5 Å². The van der Waals surface area contributed by atoms with Gasteiger partial charge in [-0.25, -0.2) is 0 Å². The van der Waals surface area contributed by atoms with Crippen LogP contribution in [-0.4, -0.2) is 36.0 Å². The molecule has 0 aromatic heterocycles. The van der Waals surface area contributed by atoms with Crippen LogP contribution >= 0.6 is 0 Å². The maximum absolute atomic E-state index is 13.1. The highest BCUT2D eigenvalue weighted by molar-refractivity contribution is 6.08. The zero-order valence-corrected chi connectivity index (χ0v) is 18.1.